The van der Waals surface area contributed by atoms with Crippen LogP contribution in [-0.4, -0.2) is 0 Å². The minimum absolute atomic E-state index is 0.896. The average Bonchev–Trinajstić information content (AvgIpc) is 3.75. The van der Waals surface area contributed by atoms with Crippen molar-refractivity contribution in [1.29, 1.82) is 0 Å². The smallest absolute Gasteiger partial charge is 0.135 e. The first-order valence-electron chi connectivity index (χ1n) is 17.3. The Morgan fingerprint density at radius 3 is 1.80 bits per heavy atom. The highest BCUT2D eigenvalue weighted by Gasteiger charge is 2.17. The van der Waals surface area contributed by atoms with E-state index < -0.39 is 0 Å². The fraction of sp³-hybridized carbons (Fsp3) is 0. The summed E-state index contributed by atoms with van der Waals surface area (Å²) in [5, 5.41) is 12.5. The fourth-order valence-electron chi connectivity index (χ4n) is 7.97. The second-order valence-electron chi connectivity index (χ2n) is 13.3. The highest BCUT2D eigenvalue weighted by Crippen LogP contribution is 2.43. The molecular weight excluding hydrogens is 639 g/mol. The van der Waals surface area contributed by atoms with Gasteiger partial charge in [-0.1, -0.05) is 115 Å². The van der Waals surface area contributed by atoms with Crippen LogP contribution in [0.15, 0.2) is 180 Å². The van der Waals surface area contributed by atoms with Gasteiger partial charge in [-0.3, -0.25) is 0 Å². The van der Waals surface area contributed by atoms with Crippen molar-refractivity contribution in [3.05, 3.63) is 176 Å². The summed E-state index contributed by atoms with van der Waals surface area (Å²) >= 11 is 1.85. The molecule has 0 saturated carbocycles. The van der Waals surface area contributed by atoms with Crippen LogP contribution in [0.2, 0.25) is 0 Å². The number of thiophene rings is 1. The van der Waals surface area contributed by atoms with Gasteiger partial charge in [0.15, 0.2) is 0 Å². The lowest BCUT2D eigenvalue weighted by Gasteiger charge is -2.26. The maximum absolute atomic E-state index is 6.21. The Kier molecular flexibility index (Phi) is 6.16. The zero-order valence-electron chi connectivity index (χ0n) is 27.5. The zero-order chi connectivity index (χ0) is 33.5. The highest BCUT2D eigenvalue weighted by molar-refractivity contribution is 7.25. The van der Waals surface area contributed by atoms with Gasteiger partial charge in [-0.2, -0.15) is 0 Å². The second kappa shape index (κ2) is 11.0. The molecule has 0 bridgehead atoms. The zero-order valence-corrected chi connectivity index (χ0v) is 28.3. The topological polar surface area (TPSA) is 16.4 Å². The van der Waals surface area contributed by atoms with Crippen LogP contribution in [0.5, 0.6) is 0 Å². The summed E-state index contributed by atoms with van der Waals surface area (Å²) in [6.45, 7) is 0. The number of hydrogen-bond acceptors (Lipinski definition) is 3. The van der Waals surface area contributed by atoms with E-state index in [2.05, 4.69) is 169 Å². The van der Waals surface area contributed by atoms with Gasteiger partial charge in [-0.25, -0.2) is 0 Å². The molecule has 0 unspecified atom stereocenters. The first-order valence-corrected chi connectivity index (χ1v) is 18.1. The Balaban J connectivity index is 1.03. The van der Waals surface area contributed by atoms with Gasteiger partial charge in [-0.15, -0.1) is 11.3 Å². The summed E-state index contributed by atoms with van der Waals surface area (Å²) in [5.41, 5.74) is 7.52. The first kappa shape index (κ1) is 28.4. The first-order chi connectivity index (χ1) is 25.2. The summed E-state index contributed by atoms with van der Waals surface area (Å²) in [5.74, 6) is 0. The van der Waals surface area contributed by atoms with Crippen molar-refractivity contribution in [3.8, 4) is 11.1 Å². The number of hydrogen-bond donors (Lipinski definition) is 0. The van der Waals surface area contributed by atoms with E-state index >= 15 is 0 Å². The normalized spacial score (nSPS) is 11.9. The van der Waals surface area contributed by atoms with Gasteiger partial charge < -0.3 is 9.32 Å². The molecule has 51 heavy (non-hydrogen) atoms. The number of para-hydroxylation sites is 1. The van der Waals surface area contributed by atoms with Gasteiger partial charge in [0.2, 0.25) is 0 Å². The minimum Gasteiger partial charge on any atom is -0.456 e. The van der Waals surface area contributed by atoms with Crippen molar-refractivity contribution >= 4 is 103 Å². The van der Waals surface area contributed by atoms with Crippen molar-refractivity contribution in [2.24, 2.45) is 0 Å². The molecule has 2 heterocycles. The van der Waals surface area contributed by atoms with Crippen LogP contribution in [0.3, 0.4) is 0 Å². The molecule has 2 nitrogen and oxygen atoms in total. The van der Waals surface area contributed by atoms with E-state index in [4.69, 9.17) is 4.42 Å². The molecule has 11 rings (SSSR count). The average molecular weight is 668 g/mol. The number of anilines is 3. The van der Waals surface area contributed by atoms with Crippen LogP contribution >= 0.6 is 11.3 Å². The van der Waals surface area contributed by atoms with Crippen LogP contribution in [0.25, 0.3) is 85.6 Å². The largest absolute Gasteiger partial charge is 0.456 e. The van der Waals surface area contributed by atoms with Crippen molar-refractivity contribution in [2.75, 3.05) is 4.90 Å². The maximum Gasteiger partial charge on any atom is 0.135 e. The van der Waals surface area contributed by atoms with Gasteiger partial charge in [0.05, 0.1) is 0 Å². The third-order valence-electron chi connectivity index (χ3n) is 10.4. The molecule has 0 aliphatic heterocycles. The number of nitrogens with zero attached hydrogens (tertiary/aromatic N) is 1. The van der Waals surface area contributed by atoms with Gasteiger partial charge in [-0.05, 0) is 104 Å². The Morgan fingerprint density at radius 1 is 0.333 bits per heavy atom. The molecule has 0 saturated heterocycles. The van der Waals surface area contributed by atoms with E-state index in [-0.39, 0.29) is 0 Å². The second-order valence-corrected chi connectivity index (χ2v) is 14.4. The minimum atomic E-state index is 0.896. The molecule has 238 valence electrons. The van der Waals surface area contributed by atoms with E-state index in [1.54, 1.807) is 0 Å². The lowest BCUT2D eigenvalue weighted by atomic mass is 9.95. The van der Waals surface area contributed by atoms with Crippen molar-refractivity contribution in [1.82, 2.24) is 0 Å². The molecule has 0 aliphatic rings. The molecule has 9 aromatic carbocycles. The van der Waals surface area contributed by atoms with Crippen molar-refractivity contribution in [3.63, 3.8) is 0 Å². The fourth-order valence-corrected chi connectivity index (χ4v) is 9.10. The SMILES string of the molecule is c1ccc2c(c1)ccc1c3ccc(-c4ccc(N(c5ccc6c(c5)sc5ccccc56)c5ccc6oc7ccccc7c6c5)cc4)cc3ccc21. The number of fused-ring (bicyclic) bond motifs is 11. The molecule has 0 N–H and O–H groups in total. The van der Waals surface area contributed by atoms with Crippen molar-refractivity contribution in [2.45, 2.75) is 0 Å². The lowest BCUT2D eigenvalue weighted by Crippen LogP contribution is -2.09. The van der Waals surface area contributed by atoms with Gasteiger partial charge in [0.1, 0.15) is 11.2 Å². The quantitative estimate of drug-likeness (QED) is 0.174. The Morgan fingerprint density at radius 2 is 0.922 bits per heavy atom. The van der Waals surface area contributed by atoms with Gasteiger partial charge >= 0.3 is 0 Å². The number of benzene rings is 9. The summed E-state index contributed by atoms with van der Waals surface area (Å²) in [7, 11) is 0. The van der Waals surface area contributed by atoms with E-state index in [9.17, 15) is 0 Å². The molecule has 3 heteroatoms. The molecule has 0 spiro atoms. The molecule has 11 aromatic rings. The molecule has 0 fully saturated rings. The van der Waals surface area contributed by atoms with Crippen LogP contribution in [0, 0.1) is 0 Å². The van der Waals surface area contributed by atoms with Gasteiger partial charge in [0, 0.05) is 48.0 Å². The summed E-state index contributed by atoms with van der Waals surface area (Å²) in [6.07, 6.45) is 0. The van der Waals surface area contributed by atoms with E-state index in [0.29, 0.717) is 0 Å². The third-order valence-corrected chi connectivity index (χ3v) is 11.6. The maximum atomic E-state index is 6.21. The number of rotatable bonds is 4. The molecule has 0 atom stereocenters. The van der Waals surface area contributed by atoms with Crippen LogP contribution in [-0.2, 0) is 0 Å². The third kappa shape index (κ3) is 4.49. The Labute approximate surface area is 298 Å². The van der Waals surface area contributed by atoms with E-state index in [0.717, 1.165) is 39.0 Å². The molecule has 0 aliphatic carbocycles. The lowest BCUT2D eigenvalue weighted by molar-refractivity contribution is 0.669. The highest BCUT2D eigenvalue weighted by atomic mass is 32.1. The van der Waals surface area contributed by atoms with Crippen LogP contribution < -0.4 is 4.90 Å². The standard InChI is InChI=1S/C48H29NOS/c1-2-8-37-31(7-1)15-23-40-38-22-16-32(27-33(38)17-24-39(37)40)30-13-18-34(19-14-30)49(35-21-26-46-44(28-35)41-9-3-5-11-45(41)50-46)36-20-25-43-42-10-4-6-12-47(42)51-48(43)29-36/h1-29H. The molecule has 0 amide bonds. The molecular formula is C48H29NOS. The van der Waals surface area contributed by atoms with E-state index in [1.807, 2.05) is 23.5 Å². The van der Waals surface area contributed by atoms with Crippen LogP contribution in [0.4, 0.5) is 17.1 Å². The number of furan rings is 1. The van der Waals surface area contributed by atoms with Gasteiger partial charge in [0.25, 0.3) is 0 Å². The predicted octanol–water partition coefficient (Wildman–Crippen LogP) is 14.6. The molecule has 2 aromatic heterocycles. The summed E-state index contributed by atoms with van der Waals surface area (Å²) < 4.78 is 8.80. The summed E-state index contributed by atoms with van der Waals surface area (Å²) in [4.78, 5) is 2.37. The monoisotopic (exact) mass is 667 g/mol. The predicted molar refractivity (Wildman–Crippen MR) is 219 cm³/mol. The Hall–Kier alpha value is -6.42. The van der Waals surface area contributed by atoms with Crippen molar-refractivity contribution < 1.29 is 4.42 Å². The Bertz CT molecular complexity index is 3150. The van der Waals surface area contributed by atoms with E-state index in [1.165, 1.54) is 63.6 Å². The van der Waals surface area contributed by atoms with Crippen LogP contribution in [0.1, 0.15) is 0 Å². The summed E-state index contributed by atoms with van der Waals surface area (Å²) in [6, 6.07) is 63.9. The molecule has 0 radical (unpaired) electrons.